The highest BCUT2D eigenvalue weighted by molar-refractivity contribution is 5.53. The number of ether oxygens (including phenoxy) is 2. The SMILES string of the molecule is [C-]#[N+]c1ccc([C@@]2(C)Oc3cccc(C4CCNCC4)c3O2)c(F)c1. The molecule has 4 nitrogen and oxygen atoms in total. The third-order valence-electron chi connectivity index (χ3n) is 4.96. The summed E-state index contributed by atoms with van der Waals surface area (Å²) in [5.41, 5.74) is 1.68. The van der Waals surface area contributed by atoms with Crippen LogP contribution in [0, 0.1) is 12.4 Å². The average molecular weight is 338 g/mol. The van der Waals surface area contributed by atoms with Crippen molar-refractivity contribution < 1.29 is 13.9 Å². The summed E-state index contributed by atoms with van der Waals surface area (Å²) < 4.78 is 26.7. The van der Waals surface area contributed by atoms with Gasteiger partial charge in [-0.05, 0) is 44.0 Å². The van der Waals surface area contributed by atoms with Crippen molar-refractivity contribution in [1.29, 1.82) is 0 Å². The van der Waals surface area contributed by atoms with E-state index in [0.29, 0.717) is 23.0 Å². The Morgan fingerprint density at radius 3 is 2.72 bits per heavy atom. The van der Waals surface area contributed by atoms with E-state index in [4.69, 9.17) is 16.0 Å². The summed E-state index contributed by atoms with van der Waals surface area (Å²) in [6.07, 6.45) is 2.09. The fourth-order valence-electron chi connectivity index (χ4n) is 3.65. The standard InChI is InChI=1S/C20H19FN2O2/c1-20(16-7-6-14(22-2)12-17(16)21)24-18-5-3-4-15(19(18)25-20)13-8-10-23-11-9-13/h3-7,12-13,23H,8-11H2,1H3/t20-/m0/s1. The van der Waals surface area contributed by atoms with E-state index in [1.807, 2.05) is 12.1 Å². The number of benzene rings is 2. The Morgan fingerprint density at radius 2 is 2.00 bits per heavy atom. The van der Waals surface area contributed by atoms with Gasteiger partial charge in [-0.1, -0.05) is 24.3 Å². The normalized spacial score (nSPS) is 22.6. The first-order chi connectivity index (χ1) is 12.1. The fourth-order valence-corrected chi connectivity index (χ4v) is 3.65. The number of para-hydroxylation sites is 1. The topological polar surface area (TPSA) is 34.8 Å². The van der Waals surface area contributed by atoms with Crippen LogP contribution in [0.4, 0.5) is 10.1 Å². The van der Waals surface area contributed by atoms with Crippen molar-refractivity contribution in [2.24, 2.45) is 0 Å². The van der Waals surface area contributed by atoms with Gasteiger partial charge in [-0.25, -0.2) is 9.24 Å². The number of fused-ring (bicyclic) bond motifs is 1. The molecule has 2 aliphatic heterocycles. The third-order valence-corrected chi connectivity index (χ3v) is 4.96. The van der Waals surface area contributed by atoms with Crippen LogP contribution in [-0.4, -0.2) is 13.1 Å². The van der Waals surface area contributed by atoms with Gasteiger partial charge in [-0.3, -0.25) is 0 Å². The molecule has 0 saturated carbocycles. The lowest BCUT2D eigenvalue weighted by Crippen LogP contribution is -2.33. The second-order valence-corrected chi connectivity index (χ2v) is 6.62. The zero-order chi connectivity index (χ0) is 17.4. The van der Waals surface area contributed by atoms with Gasteiger partial charge in [0.15, 0.2) is 17.2 Å². The first kappa shape index (κ1) is 15.9. The fraction of sp³-hybridized carbons (Fsp3) is 0.350. The number of piperidine rings is 1. The molecular weight excluding hydrogens is 319 g/mol. The number of hydrogen-bond donors (Lipinski definition) is 1. The lowest BCUT2D eigenvalue weighted by atomic mass is 9.89. The zero-order valence-electron chi connectivity index (χ0n) is 14.0. The van der Waals surface area contributed by atoms with E-state index >= 15 is 0 Å². The highest BCUT2D eigenvalue weighted by Gasteiger charge is 2.42. The minimum absolute atomic E-state index is 0.260. The van der Waals surface area contributed by atoms with Crippen LogP contribution < -0.4 is 14.8 Å². The molecular formula is C20H19FN2O2. The Hall–Kier alpha value is -2.58. The monoisotopic (exact) mass is 338 g/mol. The van der Waals surface area contributed by atoms with Crippen molar-refractivity contribution in [2.75, 3.05) is 13.1 Å². The summed E-state index contributed by atoms with van der Waals surface area (Å²) in [6.45, 7) is 10.7. The summed E-state index contributed by atoms with van der Waals surface area (Å²) >= 11 is 0. The van der Waals surface area contributed by atoms with Crippen molar-refractivity contribution in [1.82, 2.24) is 5.32 Å². The highest BCUT2D eigenvalue weighted by atomic mass is 19.1. The number of nitrogens with zero attached hydrogens (tertiary/aromatic N) is 1. The molecule has 1 atom stereocenters. The van der Waals surface area contributed by atoms with Gasteiger partial charge in [0.25, 0.3) is 5.79 Å². The van der Waals surface area contributed by atoms with Crippen molar-refractivity contribution in [2.45, 2.75) is 31.5 Å². The average Bonchev–Trinajstić information content (AvgIpc) is 2.99. The molecule has 2 aromatic carbocycles. The van der Waals surface area contributed by atoms with Crippen LogP contribution in [0.2, 0.25) is 0 Å². The van der Waals surface area contributed by atoms with Crippen molar-refractivity contribution in [3.05, 3.63) is 64.8 Å². The molecule has 1 N–H and O–H groups in total. The first-order valence-corrected chi connectivity index (χ1v) is 8.50. The summed E-state index contributed by atoms with van der Waals surface area (Å²) in [4.78, 5) is 3.26. The van der Waals surface area contributed by atoms with Crippen LogP contribution in [-0.2, 0) is 5.79 Å². The van der Waals surface area contributed by atoms with E-state index < -0.39 is 11.6 Å². The van der Waals surface area contributed by atoms with Crippen LogP contribution in [0.15, 0.2) is 36.4 Å². The summed E-state index contributed by atoms with van der Waals surface area (Å²) in [6, 6.07) is 10.3. The van der Waals surface area contributed by atoms with Crippen LogP contribution in [0.5, 0.6) is 11.5 Å². The molecule has 0 amide bonds. The summed E-state index contributed by atoms with van der Waals surface area (Å²) in [7, 11) is 0. The minimum Gasteiger partial charge on any atom is -0.444 e. The van der Waals surface area contributed by atoms with Crippen LogP contribution in [0.3, 0.4) is 0 Å². The minimum atomic E-state index is -1.23. The van der Waals surface area contributed by atoms with Gasteiger partial charge in [0, 0.05) is 12.5 Å². The molecule has 2 heterocycles. The van der Waals surface area contributed by atoms with Gasteiger partial charge < -0.3 is 14.8 Å². The molecule has 0 spiro atoms. The maximum atomic E-state index is 14.5. The highest BCUT2D eigenvalue weighted by Crippen LogP contribution is 2.49. The molecule has 0 aromatic heterocycles. The van der Waals surface area contributed by atoms with Crippen molar-refractivity contribution >= 4 is 5.69 Å². The predicted octanol–water partition coefficient (Wildman–Crippen LogP) is 4.49. The Balaban J connectivity index is 1.70. The van der Waals surface area contributed by atoms with Gasteiger partial charge in [-0.15, -0.1) is 0 Å². The van der Waals surface area contributed by atoms with Crippen LogP contribution in [0.1, 0.15) is 36.8 Å². The largest absolute Gasteiger partial charge is 0.444 e. The second-order valence-electron chi connectivity index (χ2n) is 6.62. The number of halogens is 1. The summed E-state index contributed by atoms with van der Waals surface area (Å²) in [5, 5.41) is 3.37. The molecule has 5 heteroatoms. The molecule has 25 heavy (non-hydrogen) atoms. The van der Waals surface area contributed by atoms with E-state index in [0.717, 1.165) is 31.5 Å². The molecule has 2 aromatic rings. The third kappa shape index (κ3) is 2.73. The lowest BCUT2D eigenvalue weighted by molar-refractivity contribution is -0.0711. The summed E-state index contributed by atoms with van der Waals surface area (Å²) in [5.74, 6) is 0.0529. The van der Waals surface area contributed by atoms with Gasteiger partial charge in [0.05, 0.1) is 12.1 Å². The molecule has 0 radical (unpaired) electrons. The molecule has 128 valence electrons. The molecule has 0 aliphatic carbocycles. The van der Waals surface area contributed by atoms with Crippen molar-refractivity contribution in [3.63, 3.8) is 0 Å². The second kappa shape index (κ2) is 6.05. The van der Waals surface area contributed by atoms with Gasteiger partial charge in [0.2, 0.25) is 0 Å². The molecule has 2 aliphatic rings. The van der Waals surface area contributed by atoms with Gasteiger partial charge >= 0.3 is 0 Å². The smallest absolute Gasteiger partial charge is 0.278 e. The molecule has 4 rings (SSSR count). The Morgan fingerprint density at radius 1 is 1.20 bits per heavy atom. The molecule has 0 bridgehead atoms. The molecule has 1 saturated heterocycles. The first-order valence-electron chi connectivity index (χ1n) is 8.50. The molecule has 1 fully saturated rings. The van der Waals surface area contributed by atoms with Crippen LogP contribution in [0.25, 0.3) is 4.85 Å². The Kier molecular flexibility index (Phi) is 3.85. The van der Waals surface area contributed by atoms with E-state index in [9.17, 15) is 4.39 Å². The zero-order valence-corrected chi connectivity index (χ0v) is 14.0. The van der Waals surface area contributed by atoms with E-state index in [-0.39, 0.29) is 5.69 Å². The predicted molar refractivity (Wildman–Crippen MR) is 92.6 cm³/mol. The maximum absolute atomic E-state index is 14.5. The lowest BCUT2D eigenvalue weighted by Gasteiger charge is -2.26. The van der Waals surface area contributed by atoms with Gasteiger partial charge in [-0.2, -0.15) is 0 Å². The number of nitrogens with one attached hydrogen (secondary N) is 1. The number of rotatable bonds is 2. The number of hydrogen-bond acceptors (Lipinski definition) is 3. The Labute approximate surface area is 146 Å². The molecule has 0 unspecified atom stereocenters. The van der Waals surface area contributed by atoms with Crippen molar-refractivity contribution in [3.8, 4) is 11.5 Å². The van der Waals surface area contributed by atoms with Gasteiger partial charge in [0.1, 0.15) is 5.82 Å². The van der Waals surface area contributed by atoms with E-state index in [1.54, 1.807) is 19.1 Å². The van der Waals surface area contributed by atoms with Crippen LogP contribution >= 0.6 is 0 Å². The van der Waals surface area contributed by atoms with E-state index in [2.05, 4.69) is 16.2 Å². The quantitative estimate of drug-likeness (QED) is 0.820. The van der Waals surface area contributed by atoms with E-state index in [1.165, 1.54) is 6.07 Å². The maximum Gasteiger partial charge on any atom is 0.278 e. The Bertz CT molecular complexity index is 855.